The van der Waals surface area contributed by atoms with Crippen LogP contribution in [0.25, 0.3) is 0 Å². The van der Waals surface area contributed by atoms with Crippen molar-refractivity contribution in [2.24, 2.45) is 0 Å². The topological polar surface area (TPSA) is 102 Å². The van der Waals surface area contributed by atoms with E-state index in [-0.39, 0.29) is 24.0 Å². The van der Waals surface area contributed by atoms with Crippen molar-refractivity contribution in [1.29, 1.82) is 0 Å². The standard InChI is InChI=1S/C15H30N4O4S/c1-18(2)8-5-13(20)17-12(15(22)23)6-10-24-11-14(21)16-7-9-19(3)4/h12H,5-11H2,1-4H3,(H,16,21)(H,17,20)(H,22,23)/t12-/m0/s1/i1+1. The van der Waals surface area contributed by atoms with Gasteiger partial charge in [-0.05, 0) is 40.4 Å². The van der Waals surface area contributed by atoms with Crippen LogP contribution in [0.4, 0.5) is 0 Å². The summed E-state index contributed by atoms with van der Waals surface area (Å²) in [5.74, 6) is -0.615. The molecule has 0 spiro atoms. The van der Waals surface area contributed by atoms with Crippen molar-refractivity contribution in [3.63, 3.8) is 0 Å². The highest BCUT2D eigenvalue weighted by molar-refractivity contribution is 7.99. The van der Waals surface area contributed by atoms with Crippen LogP contribution >= 0.6 is 11.8 Å². The van der Waals surface area contributed by atoms with E-state index in [9.17, 15) is 14.4 Å². The van der Waals surface area contributed by atoms with E-state index < -0.39 is 12.0 Å². The van der Waals surface area contributed by atoms with Gasteiger partial charge in [0, 0.05) is 26.1 Å². The monoisotopic (exact) mass is 363 g/mol. The number of hydrogen-bond acceptors (Lipinski definition) is 6. The predicted octanol–water partition coefficient (Wildman–Crippen LogP) is -0.691. The first-order valence-corrected chi connectivity index (χ1v) is 9.04. The molecule has 0 aliphatic heterocycles. The van der Waals surface area contributed by atoms with Gasteiger partial charge in [-0.15, -0.1) is 0 Å². The Labute approximate surface area is 148 Å². The Hall–Kier alpha value is -1.32. The molecule has 0 aromatic heterocycles. The second-order valence-corrected chi connectivity index (χ2v) is 7.11. The quantitative estimate of drug-likeness (QED) is 0.294. The number of nitrogens with one attached hydrogen (secondary N) is 2. The summed E-state index contributed by atoms with van der Waals surface area (Å²) in [6, 6.07) is -0.913. The zero-order chi connectivity index (χ0) is 18.5. The molecular weight excluding hydrogens is 333 g/mol. The number of thioether (sulfide) groups is 1. The molecule has 0 unspecified atom stereocenters. The number of carboxylic acids is 1. The summed E-state index contributed by atoms with van der Waals surface area (Å²) in [7, 11) is 7.56. The molecular formula is C15H30N4O4S. The van der Waals surface area contributed by atoms with Gasteiger partial charge in [-0.1, -0.05) is 0 Å². The van der Waals surface area contributed by atoms with Crippen LogP contribution < -0.4 is 10.6 Å². The molecule has 2 amide bonds. The summed E-state index contributed by atoms with van der Waals surface area (Å²) in [5.41, 5.74) is 0. The molecule has 0 fully saturated rings. The van der Waals surface area contributed by atoms with Gasteiger partial charge in [0.25, 0.3) is 0 Å². The molecule has 24 heavy (non-hydrogen) atoms. The van der Waals surface area contributed by atoms with Gasteiger partial charge in [-0.3, -0.25) is 9.59 Å². The summed E-state index contributed by atoms with van der Waals surface area (Å²) < 4.78 is 0. The minimum Gasteiger partial charge on any atom is -0.480 e. The summed E-state index contributed by atoms with van der Waals surface area (Å²) in [6.07, 6.45) is 0.552. The fraction of sp³-hybridized carbons (Fsp3) is 0.800. The second-order valence-electron chi connectivity index (χ2n) is 6.01. The molecule has 8 nitrogen and oxygen atoms in total. The molecule has 140 valence electrons. The molecule has 0 rings (SSSR count). The van der Waals surface area contributed by atoms with E-state index in [1.54, 1.807) is 0 Å². The number of carbonyl (C=O) groups is 3. The van der Waals surface area contributed by atoms with E-state index in [2.05, 4.69) is 10.6 Å². The van der Waals surface area contributed by atoms with E-state index in [1.165, 1.54) is 11.8 Å². The maximum absolute atomic E-state index is 11.7. The Kier molecular flexibility index (Phi) is 12.3. The van der Waals surface area contributed by atoms with E-state index >= 15 is 0 Å². The molecule has 1 atom stereocenters. The second kappa shape index (κ2) is 13.0. The van der Waals surface area contributed by atoms with Crippen LogP contribution in [0.5, 0.6) is 0 Å². The van der Waals surface area contributed by atoms with Crippen molar-refractivity contribution in [3.8, 4) is 0 Å². The molecule has 0 bridgehead atoms. The van der Waals surface area contributed by atoms with Crippen LogP contribution in [0.15, 0.2) is 0 Å². The molecule has 3 N–H and O–H groups in total. The van der Waals surface area contributed by atoms with Crippen LogP contribution in [0.1, 0.15) is 12.8 Å². The third-order valence-corrected chi connectivity index (χ3v) is 4.08. The van der Waals surface area contributed by atoms with Crippen LogP contribution in [-0.2, 0) is 14.4 Å². The number of aliphatic carboxylic acids is 1. The Morgan fingerprint density at radius 3 is 2.21 bits per heavy atom. The molecule has 0 aromatic rings. The lowest BCUT2D eigenvalue weighted by atomic mass is 10.2. The van der Waals surface area contributed by atoms with Gasteiger partial charge < -0.3 is 25.5 Å². The van der Waals surface area contributed by atoms with Gasteiger partial charge in [0.15, 0.2) is 0 Å². The van der Waals surface area contributed by atoms with Gasteiger partial charge in [0.2, 0.25) is 11.8 Å². The predicted molar refractivity (Wildman–Crippen MR) is 96.2 cm³/mol. The zero-order valence-corrected chi connectivity index (χ0v) is 15.8. The first-order valence-electron chi connectivity index (χ1n) is 7.88. The first kappa shape index (κ1) is 22.7. The molecule has 0 aromatic carbocycles. The van der Waals surface area contributed by atoms with Crippen LogP contribution in [0, 0.1) is 0 Å². The summed E-state index contributed by atoms with van der Waals surface area (Å²) in [4.78, 5) is 38.3. The normalized spacial score (nSPS) is 12.2. The lowest BCUT2D eigenvalue weighted by Gasteiger charge is -2.15. The minimum atomic E-state index is -1.05. The fourth-order valence-electron chi connectivity index (χ4n) is 1.69. The van der Waals surface area contributed by atoms with Crippen LogP contribution in [-0.4, -0.2) is 98.1 Å². The Morgan fingerprint density at radius 2 is 1.67 bits per heavy atom. The van der Waals surface area contributed by atoms with Crippen molar-refractivity contribution < 1.29 is 19.5 Å². The Bertz CT molecular complexity index is 405. The van der Waals surface area contributed by atoms with Crippen LogP contribution in [0.2, 0.25) is 0 Å². The number of nitrogens with zero attached hydrogens (tertiary/aromatic N) is 2. The van der Waals surface area contributed by atoms with E-state index in [0.717, 1.165) is 6.54 Å². The maximum Gasteiger partial charge on any atom is 0.326 e. The third kappa shape index (κ3) is 13.1. The minimum absolute atomic E-state index is 0.0660. The Morgan fingerprint density at radius 1 is 1.04 bits per heavy atom. The van der Waals surface area contributed by atoms with Gasteiger partial charge in [-0.2, -0.15) is 11.8 Å². The smallest absolute Gasteiger partial charge is 0.326 e. The average molecular weight is 363 g/mol. The zero-order valence-electron chi connectivity index (χ0n) is 15.0. The lowest BCUT2D eigenvalue weighted by molar-refractivity contribution is -0.141. The molecule has 0 aliphatic carbocycles. The summed E-state index contributed by atoms with van der Waals surface area (Å²) in [5, 5.41) is 14.5. The first-order chi connectivity index (χ1) is 11.2. The SMILES string of the molecule is CN(C)CCNC(=O)CSCC[C@H](NC(=O)CCN(C)[13CH3])C(=O)O. The molecule has 0 heterocycles. The van der Waals surface area contributed by atoms with E-state index in [1.807, 2.05) is 38.0 Å². The highest BCUT2D eigenvalue weighted by atomic mass is 32.2. The number of likely N-dealkylation sites (N-methyl/N-ethyl adjacent to an activating group) is 1. The lowest BCUT2D eigenvalue weighted by Crippen LogP contribution is -2.42. The van der Waals surface area contributed by atoms with E-state index in [0.29, 0.717) is 25.3 Å². The van der Waals surface area contributed by atoms with Gasteiger partial charge in [-0.25, -0.2) is 4.79 Å². The van der Waals surface area contributed by atoms with Crippen molar-refractivity contribution in [2.75, 3.05) is 59.3 Å². The van der Waals surface area contributed by atoms with Crippen LogP contribution in [0.3, 0.4) is 0 Å². The highest BCUT2D eigenvalue weighted by Gasteiger charge is 2.19. The molecule has 0 radical (unpaired) electrons. The number of hydrogen-bond donors (Lipinski definition) is 3. The highest BCUT2D eigenvalue weighted by Crippen LogP contribution is 2.05. The molecule has 0 aliphatic rings. The van der Waals surface area contributed by atoms with Gasteiger partial charge in [0.05, 0.1) is 5.75 Å². The number of carboxylic acid groups (broad SMARTS) is 1. The largest absolute Gasteiger partial charge is 0.480 e. The van der Waals surface area contributed by atoms with Gasteiger partial charge >= 0.3 is 5.97 Å². The van der Waals surface area contributed by atoms with Crippen molar-refractivity contribution >= 4 is 29.5 Å². The summed E-state index contributed by atoms with van der Waals surface area (Å²) >= 11 is 1.36. The van der Waals surface area contributed by atoms with Crippen molar-refractivity contribution in [2.45, 2.75) is 18.9 Å². The average Bonchev–Trinajstić information content (AvgIpc) is 2.47. The molecule has 0 saturated carbocycles. The number of amides is 2. The number of carbonyl (C=O) groups excluding carboxylic acids is 2. The van der Waals surface area contributed by atoms with Crippen molar-refractivity contribution in [3.05, 3.63) is 0 Å². The molecule has 0 saturated heterocycles. The van der Waals surface area contributed by atoms with Crippen molar-refractivity contribution in [1.82, 2.24) is 20.4 Å². The van der Waals surface area contributed by atoms with E-state index in [4.69, 9.17) is 5.11 Å². The number of rotatable bonds is 13. The fourth-order valence-corrected chi connectivity index (χ4v) is 2.52. The summed E-state index contributed by atoms with van der Waals surface area (Å²) in [6.45, 7) is 1.93. The van der Waals surface area contributed by atoms with Gasteiger partial charge in [0.1, 0.15) is 6.04 Å². The maximum atomic E-state index is 11.7. The third-order valence-electron chi connectivity index (χ3n) is 3.08. The molecule has 9 heteroatoms. The Balaban J connectivity index is 3.95.